The van der Waals surface area contributed by atoms with E-state index in [1.165, 1.54) is 32.1 Å². The van der Waals surface area contributed by atoms with Gasteiger partial charge in [0.05, 0.1) is 6.54 Å². The van der Waals surface area contributed by atoms with E-state index >= 15 is 0 Å². The minimum atomic E-state index is 0. The molecule has 1 aromatic rings. The van der Waals surface area contributed by atoms with Crippen molar-refractivity contribution in [2.75, 3.05) is 31.1 Å². The molecule has 1 saturated heterocycles. The van der Waals surface area contributed by atoms with Gasteiger partial charge in [-0.15, -0.1) is 24.0 Å². The molecular weight excluding hydrogens is 517 g/mol. The van der Waals surface area contributed by atoms with Gasteiger partial charge in [-0.1, -0.05) is 31.4 Å². The van der Waals surface area contributed by atoms with Gasteiger partial charge in [0.25, 0.3) is 0 Å². The van der Waals surface area contributed by atoms with E-state index in [2.05, 4.69) is 20.9 Å². The lowest BCUT2D eigenvalue weighted by molar-refractivity contribution is -0.122. The highest BCUT2D eigenvalue weighted by Crippen LogP contribution is 2.26. The van der Waals surface area contributed by atoms with Crippen LogP contribution in [-0.4, -0.2) is 44.0 Å². The van der Waals surface area contributed by atoms with Crippen LogP contribution >= 0.6 is 24.0 Å². The molecule has 2 fully saturated rings. The Kier molecular flexibility index (Phi) is 11.8. The number of guanidine groups is 1. The summed E-state index contributed by atoms with van der Waals surface area (Å²) in [7, 11) is 0. The maximum absolute atomic E-state index is 12.1. The second-order valence-electron chi connectivity index (χ2n) is 8.50. The van der Waals surface area contributed by atoms with Crippen molar-refractivity contribution >= 4 is 47.4 Å². The molecule has 0 unspecified atom stereocenters. The Hall–Kier alpha value is -1.84. The van der Waals surface area contributed by atoms with Gasteiger partial charge < -0.3 is 20.9 Å². The first-order valence-electron chi connectivity index (χ1n) is 11.8. The van der Waals surface area contributed by atoms with Gasteiger partial charge in [-0.05, 0) is 49.8 Å². The third kappa shape index (κ3) is 8.60. The molecule has 3 rings (SSSR count). The Labute approximate surface area is 209 Å². The molecule has 32 heavy (non-hydrogen) atoms. The van der Waals surface area contributed by atoms with Gasteiger partial charge in [0.1, 0.15) is 0 Å². The highest BCUT2D eigenvalue weighted by Gasteiger charge is 2.21. The van der Waals surface area contributed by atoms with E-state index in [-0.39, 0.29) is 35.8 Å². The van der Waals surface area contributed by atoms with Gasteiger partial charge in [0.2, 0.25) is 11.8 Å². The Bertz CT molecular complexity index is 747. The number of nitrogens with zero attached hydrogens (tertiary/aromatic N) is 2. The van der Waals surface area contributed by atoms with E-state index in [4.69, 9.17) is 0 Å². The molecule has 3 N–H and O–H groups in total. The van der Waals surface area contributed by atoms with Crippen LogP contribution in [0.5, 0.6) is 0 Å². The lowest BCUT2D eigenvalue weighted by Crippen LogP contribution is -2.41. The number of carbonyl (C=O) groups excluding carboxylic acids is 2. The number of nitrogens with one attached hydrogen (secondary N) is 3. The van der Waals surface area contributed by atoms with E-state index in [1.54, 1.807) is 0 Å². The number of benzene rings is 1. The van der Waals surface area contributed by atoms with E-state index in [0.717, 1.165) is 36.7 Å². The van der Waals surface area contributed by atoms with Crippen molar-refractivity contribution in [2.24, 2.45) is 10.9 Å². The molecule has 8 heteroatoms. The summed E-state index contributed by atoms with van der Waals surface area (Å²) in [6, 6.07) is 8.05. The van der Waals surface area contributed by atoms with E-state index < -0.39 is 0 Å². The van der Waals surface area contributed by atoms with Gasteiger partial charge in [-0.2, -0.15) is 0 Å². The monoisotopic (exact) mass is 555 g/mol. The molecule has 0 radical (unpaired) electrons. The number of amides is 2. The molecule has 0 spiro atoms. The second-order valence-corrected chi connectivity index (χ2v) is 8.50. The molecule has 1 saturated carbocycles. The van der Waals surface area contributed by atoms with Crippen molar-refractivity contribution in [3.05, 3.63) is 29.8 Å². The third-order valence-corrected chi connectivity index (χ3v) is 6.02. The van der Waals surface area contributed by atoms with Crippen LogP contribution in [0.1, 0.15) is 63.9 Å². The van der Waals surface area contributed by atoms with E-state index in [9.17, 15) is 9.59 Å². The fourth-order valence-electron chi connectivity index (χ4n) is 4.32. The normalized spacial score (nSPS) is 17.1. The predicted molar refractivity (Wildman–Crippen MR) is 140 cm³/mol. The van der Waals surface area contributed by atoms with Crippen molar-refractivity contribution in [2.45, 2.75) is 64.8 Å². The van der Waals surface area contributed by atoms with Crippen LogP contribution < -0.4 is 20.9 Å². The third-order valence-electron chi connectivity index (χ3n) is 6.02. The summed E-state index contributed by atoms with van der Waals surface area (Å²) in [5, 5.41) is 9.55. The maximum atomic E-state index is 12.1. The molecule has 2 aliphatic rings. The molecule has 0 atom stereocenters. The lowest BCUT2D eigenvalue weighted by atomic mass is 9.87. The van der Waals surface area contributed by atoms with Crippen molar-refractivity contribution in [1.29, 1.82) is 0 Å². The van der Waals surface area contributed by atoms with Gasteiger partial charge in [-0.25, -0.2) is 4.99 Å². The Morgan fingerprint density at radius 1 is 1.03 bits per heavy atom. The number of carbonyl (C=O) groups is 2. The highest BCUT2D eigenvalue weighted by molar-refractivity contribution is 14.0. The first kappa shape index (κ1) is 26.4. The molecule has 0 aromatic heterocycles. The summed E-state index contributed by atoms with van der Waals surface area (Å²) in [5.74, 6) is 1.67. The molecule has 2 amide bonds. The molecule has 0 bridgehead atoms. The fourth-order valence-corrected chi connectivity index (χ4v) is 4.32. The van der Waals surface area contributed by atoms with Crippen LogP contribution in [0, 0.1) is 5.92 Å². The van der Waals surface area contributed by atoms with Crippen LogP contribution in [0.15, 0.2) is 29.3 Å². The van der Waals surface area contributed by atoms with Crippen LogP contribution in [0.3, 0.4) is 0 Å². The van der Waals surface area contributed by atoms with Crippen molar-refractivity contribution in [1.82, 2.24) is 16.0 Å². The Morgan fingerprint density at radius 3 is 2.41 bits per heavy atom. The zero-order chi connectivity index (χ0) is 21.9. The van der Waals surface area contributed by atoms with Crippen molar-refractivity contribution in [3.63, 3.8) is 0 Å². The average molecular weight is 556 g/mol. The van der Waals surface area contributed by atoms with E-state index in [1.807, 2.05) is 36.1 Å². The van der Waals surface area contributed by atoms with Gasteiger partial charge in [0, 0.05) is 44.7 Å². The number of anilines is 1. The largest absolute Gasteiger partial charge is 0.357 e. The summed E-state index contributed by atoms with van der Waals surface area (Å²) in [4.78, 5) is 30.5. The molecule has 1 aliphatic carbocycles. The average Bonchev–Trinajstić information content (AvgIpc) is 3.22. The van der Waals surface area contributed by atoms with Gasteiger partial charge in [-0.3, -0.25) is 9.59 Å². The number of halogens is 1. The SMILES string of the molecule is CCNC(=NCc1ccc(N2CCCC2=O)cc1)NCCNC(=O)CC1CCCCC1.I. The van der Waals surface area contributed by atoms with Crippen LogP contribution in [-0.2, 0) is 16.1 Å². The summed E-state index contributed by atoms with van der Waals surface area (Å²) in [6.45, 7) is 5.40. The molecule has 1 aromatic carbocycles. The predicted octanol–water partition coefficient (Wildman–Crippen LogP) is 3.57. The Balaban J connectivity index is 0.00000363. The van der Waals surface area contributed by atoms with Crippen LogP contribution in [0.2, 0.25) is 0 Å². The molecule has 178 valence electrons. The van der Waals surface area contributed by atoms with Crippen LogP contribution in [0.25, 0.3) is 0 Å². The summed E-state index contributed by atoms with van der Waals surface area (Å²) in [6.07, 6.45) is 8.47. The number of hydrogen-bond donors (Lipinski definition) is 3. The van der Waals surface area contributed by atoms with Gasteiger partial charge >= 0.3 is 0 Å². The summed E-state index contributed by atoms with van der Waals surface area (Å²) < 4.78 is 0. The molecule has 7 nitrogen and oxygen atoms in total. The first-order chi connectivity index (χ1) is 15.2. The first-order valence-corrected chi connectivity index (χ1v) is 11.8. The zero-order valence-corrected chi connectivity index (χ0v) is 21.5. The smallest absolute Gasteiger partial charge is 0.227 e. The number of aliphatic imine (C=N–C) groups is 1. The van der Waals surface area contributed by atoms with Crippen molar-refractivity contribution < 1.29 is 9.59 Å². The minimum absolute atomic E-state index is 0. The lowest BCUT2D eigenvalue weighted by Gasteiger charge is -2.20. The number of hydrogen-bond acceptors (Lipinski definition) is 3. The standard InChI is InChI=1S/C24H37N5O2.HI/c1-2-25-24(27-15-14-26-22(30)17-19-7-4-3-5-8-19)28-18-20-10-12-21(13-11-20)29-16-6-9-23(29)31;/h10-13,19H,2-9,14-18H2,1H3,(H,26,30)(H2,25,27,28);1H. The maximum Gasteiger partial charge on any atom is 0.227 e. The van der Waals surface area contributed by atoms with Crippen molar-refractivity contribution in [3.8, 4) is 0 Å². The molecule has 1 heterocycles. The Morgan fingerprint density at radius 2 is 1.75 bits per heavy atom. The fraction of sp³-hybridized carbons (Fsp3) is 0.625. The highest BCUT2D eigenvalue weighted by atomic mass is 127. The zero-order valence-electron chi connectivity index (χ0n) is 19.2. The second kappa shape index (κ2) is 14.3. The quantitative estimate of drug-likeness (QED) is 0.188. The van der Waals surface area contributed by atoms with Gasteiger partial charge in [0.15, 0.2) is 5.96 Å². The number of rotatable bonds is 9. The van der Waals surface area contributed by atoms with E-state index in [0.29, 0.717) is 38.4 Å². The topological polar surface area (TPSA) is 85.8 Å². The summed E-state index contributed by atoms with van der Waals surface area (Å²) >= 11 is 0. The van der Waals surface area contributed by atoms with Crippen LogP contribution in [0.4, 0.5) is 5.69 Å². The molecular formula is C24H38IN5O2. The minimum Gasteiger partial charge on any atom is -0.357 e. The summed E-state index contributed by atoms with van der Waals surface area (Å²) in [5.41, 5.74) is 2.05. The molecule has 1 aliphatic heterocycles.